The van der Waals surface area contributed by atoms with Crippen molar-refractivity contribution in [2.75, 3.05) is 0 Å². The molecule has 2 N–H and O–H groups in total. The van der Waals surface area contributed by atoms with Crippen LogP contribution >= 0.6 is 0 Å². The van der Waals surface area contributed by atoms with Gasteiger partial charge in [0.1, 0.15) is 22.9 Å². The fraction of sp³-hybridized carbons (Fsp3) is 0.484. The first-order valence-corrected chi connectivity index (χ1v) is 14.2. The number of tetrazole rings is 1. The zero-order chi connectivity index (χ0) is 28.3. The summed E-state index contributed by atoms with van der Waals surface area (Å²) in [7, 11) is 0. The van der Waals surface area contributed by atoms with E-state index in [1.54, 1.807) is 12.3 Å². The molecule has 4 atom stereocenters. The number of ether oxygens (including phenoxy) is 2. The number of hydrogen-bond donors (Lipinski definition) is 2. The zero-order valence-corrected chi connectivity index (χ0v) is 23.8. The Bertz CT molecular complexity index is 1560. The van der Waals surface area contributed by atoms with Crippen molar-refractivity contribution in [3.05, 3.63) is 48.7 Å². The summed E-state index contributed by atoms with van der Waals surface area (Å²) in [5.74, 6) is 1.84. The van der Waals surface area contributed by atoms with Gasteiger partial charge in [0, 0.05) is 40.8 Å². The molecule has 0 amide bonds. The van der Waals surface area contributed by atoms with Crippen LogP contribution in [0.3, 0.4) is 0 Å². The first-order chi connectivity index (χ1) is 19.1. The van der Waals surface area contributed by atoms with Gasteiger partial charge in [0.25, 0.3) is 0 Å². The summed E-state index contributed by atoms with van der Waals surface area (Å²) in [6.07, 6.45) is 5.82. The topological polar surface area (TPSA) is 115 Å². The molecule has 0 radical (unpaired) electrons. The molecule has 4 unspecified atom stereocenters. The Morgan fingerprint density at radius 2 is 1.90 bits per heavy atom. The van der Waals surface area contributed by atoms with Crippen LogP contribution in [0.1, 0.15) is 66.7 Å². The minimum atomic E-state index is -0.569. The van der Waals surface area contributed by atoms with Gasteiger partial charge in [0.05, 0.1) is 11.1 Å². The summed E-state index contributed by atoms with van der Waals surface area (Å²) in [5, 5.41) is 24.0. The molecule has 210 valence electrons. The highest BCUT2D eigenvalue weighted by Crippen LogP contribution is 2.63. The van der Waals surface area contributed by atoms with E-state index in [0.29, 0.717) is 41.4 Å². The van der Waals surface area contributed by atoms with Crippen molar-refractivity contribution in [1.82, 2.24) is 25.2 Å². The van der Waals surface area contributed by atoms with Crippen molar-refractivity contribution in [1.29, 1.82) is 0 Å². The predicted molar refractivity (Wildman–Crippen MR) is 151 cm³/mol. The highest BCUT2D eigenvalue weighted by atomic mass is 16.5. The molecule has 2 heterocycles. The largest absolute Gasteiger partial charge is 0.494 e. The van der Waals surface area contributed by atoms with Crippen molar-refractivity contribution in [3.63, 3.8) is 0 Å². The summed E-state index contributed by atoms with van der Waals surface area (Å²) in [4.78, 5) is 16.1. The Morgan fingerprint density at radius 1 is 1.12 bits per heavy atom. The molecule has 40 heavy (non-hydrogen) atoms. The van der Waals surface area contributed by atoms with E-state index < -0.39 is 11.0 Å². The lowest BCUT2D eigenvalue weighted by atomic mass is 9.45. The third kappa shape index (κ3) is 3.81. The Balaban J connectivity index is 1.47. The van der Waals surface area contributed by atoms with Crippen LogP contribution in [0.5, 0.6) is 23.4 Å². The standard InChI is InChI=1S/C31H37N5O4/c1-6-30(5)19(2)12-13-25-29(3,4)26(37)14-15-31(25,30)40-24-17-21(16-22-23(24)18-32-27(22)38)39-28-33-34-35-36(28)20-10-8-7-9-11-20/h7-11,16-19,25,32,38H,6,12-15H2,1-5H3. The molecule has 2 aromatic heterocycles. The van der Waals surface area contributed by atoms with Gasteiger partial charge in [-0.15, -0.1) is 0 Å². The fourth-order valence-corrected chi connectivity index (χ4v) is 7.47. The number of rotatable bonds is 6. The monoisotopic (exact) mass is 543 g/mol. The van der Waals surface area contributed by atoms with Gasteiger partial charge in [0.15, 0.2) is 5.88 Å². The number of aromatic hydroxyl groups is 1. The van der Waals surface area contributed by atoms with Crippen molar-refractivity contribution in [2.24, 2.45) is 22.7 Å². The van der Waals surface area contributed by atoms with E-state index in [9.17, 15) is 9.90 Å². The third-order valence-corrected chi connectivity index (χ3v) is 10.2. The van der Waals surface area contributed by atoms with E-state index in [-0.39, 0.29) is 23.2 Å². The van der Waals surface area contributed by atoms with Gasteiger partial charge in [-0.1, -0.05) is 57.9 Å². The van der Waals surface area contributed by atoms with E-state index in [4.69, 9.17) is 9.47 Å². The molecule has 4 aromatic rings. The molecular formula is C31H37N5O4. The van der Waals surface area contributed by atoms with Gasteiger partial charge < -0.3 is 19.6 Å². The lowest BCUT2D eigenvalue weighted by molar-refractivity contribution is -0.202. The highest BCUT2D eigenvalue weighted by Gasteiger charge is 2.65. The quantitative estimate of drug-likeness (QED) is 0.281. The van der Waals surface area contributed by atoms with Gasteiger partial charge in [-0.05, 0) is 60.2 Å². The van der Waals surface area contributed by atoms with Gasteiger partial charge in [-0.3, -0.25) is 4.79 Å². The minimum Gasteiger partial charge on any atom is -0.494 e. The molecule has 2 aliphatic rings. The Morgan fingerprint density at radius 3 is 2.65 bits per heavy atom. The maximum absolute atomic E-state index is 13.2. The van der Waals surface area contributed by atoms with Gasteiger partial charge in [0.2, 0.25) is 0 Å². The van der Waals surface area contributed by atoms with Crippen LogP contribution in [0.25, 0.3) is 16.5 Å². The molecule has 2 fully saturated rings. The van der Waals surface area contributed by atoms with E-state index in [0.717, 1.165) is 30.3 Å². The second-order valence-electron chi connectivity index (χ2n) is 12.3. The second kappa shape index (κ2) is 9.35. The number of aromatic nitrogens is 5. The molecule has 9 heteroatoms. The number of fused-ring (bicyclic) bond motifs is 2. The van der Waals surface area contributed by atoms with E-state index >= 15 is 0 Å². The molecule has 0 spiro atoms. The van der Waals surface area contributed by atoms with Gasteiger partial charge >= 0.3 is 6.01 Å². The highest BCUT2D eigenvalue weighted by molar-refractivity contribution is 5.94. The summed E-state index contributed by atoms with van der Waals surface area (Å²) < 4.78 is 15.0. The number of Topliss-reactive ketones (excluding diaryl/α,β-unsaturated/α-hetero) is 1. The number of carbonyl (C=O) groups excluding carboxylic acids is 1. The zero-order valence-electron chi connectivity index (χ0n) is 23.8. The van der Waals surface area contributed by atoms with Crippen molar-refractivity contribution >= 4 is 16.6 Å². The number of aromatic amines is 1. The number of carbonyl (C=O) groups is 1. The predicted octanol–water partition coefficient (Wildman–Crippen LogP) is 6.61. The van der Waals surface area contributed by atoms with Crippen molar-refractivity contribution in [2.45, 2.75) is 72.3 Å². The van der Waals surface area contributed by atoms with Crippen LogP contribution in [0.4, 0.5) is 0 Å². The summed E-state index contributed by atoms with van der Waals surface area (Å²) in [6.45, 7) is 11.0. The first-order valence-electron chi connectivity index (χ1n) is 14.2. The Labute approximate surface area is 233 Å². The first kappa shape index (κ1) is 26.3. The number of benzene rings is 2. The van der Waals surface area contributed by atoms with Gasteiger partial charge in [-0.25, -0.2) is 0 Å². The number of nitrogens with one attached hydrogen (secondary N) is 1. The molecular weight excluding hydrogens is 506 g/mol. The van der Waals surface area contributed by atoms with Crippen LogP contribution in [0.2, 0.25) is 0 Å². The van der Waals surface area contributed by atoms with Crippen LogP contribution in [-0.4, -0.2) is 41.7 Å². The minimum absolute atomic E-state index is 0.0245. The Hall–Kier alpha value is -3.88. The Kier molecular flexibility index (Phi) is 6.16. The maximum Gasteiger partial charge on any atom is 0.345 e. The van der Waals surface area contributed by atoms with E-state index in [1.807, 2.05) is 36.4 Å². The molecule has 2 saturated carbocycles. The molecule has 2 aliphatic carbocycles. The van der Waals surface area contributed by atoms with E-state index in [1.165, 1.54) is 4.68 Å². The normalized spacial score (nSPS) is 27.9. The van der Waals surface area contributed by atoms with Crippen molar-refractivity contribution < 1.29 is 19.4 Å². The lowest BCUT2D eigenvalue weighted by Crippen LogP contribution is -2.67. The maximum atomic E-state index is 13.2. The van der Waals surface area contributed by atoms with E-state index in [2.05, 4.69) is 55.1 Å². The number of H-pyrrole nitrogens is 1. The van der Waals surface area contributed by atoms with Crippen LogP contribution in [0.15, 0.2) is 48.7 Å². The number of nitrogens with zero attached hydrogens (tertiary/aromatic N) is 4. The fourth-order valence-electron chi connectivity index (χ4n) is 7.47. The average Bonchev–Trinajstić information content (AvgIpc) is 3.56. The molecule has 2 aromatic carbocycles. The molecule has 0 saturated heterocycles. The molecule has 6 rings (SSSR count). The average molecular weight is 544 g/mol. The van der Waals surface area contributed by atoms with Crippen molar-refractivity contribution in [3.8, 4) is 29.1 Å². The summed E-state index contributed by atoms with van der Waals surface area (Å²) >= 11 is 0. The van der Waals surface area contributed by atoms with Crippen LogP contribution in [0, 0.1) is 22.7 Å². The number of ketones is 1. The van der Waals surface area contributed by atoms with Gasteiger partial charge in [-0.2, -0.15) is 4.68 Å². The van der Waals surface area contributed by atoms with Crippen LogP contribution < -0.4 is 9.47 Å². The lowest BCUT2D eigenvalue weighted by Gasteiger charge is -2.63. The molecule has 0 aliphatic heterocycles. The third-order valence-electron chi connectivity index (χ3n) is 10.2. The summed E-state index contributed by atoms with van der Waals surface area (Å²) in [6, 6.07) is 13.3. The number of hydrogen-bond acceptors (Lipinski definition) is 7. The smallest absolute Gasteiger partial charge is 0.345 e. The van der Waals surface area contributed by atoms with Crippen LogP contribution in [-0.2, 0) is 4.79 Å². The second-order valence-corrected chi connectivity index (χ2v) is 12.3. The number of para-hydroxylation sites is 1. The SMILES string of the molecule is CCC1(C)C(C)CCC2C(C)(C)C(=O)CCC21Oc1cc(Oc2nnnn2-c2ccccc2)cc2c(O)[nH]cc12. The summed E-state index contributed by atoms with van der Waals surface area (Å²) in [5.41, 5.74) is -0.469. The molecule has 9 nitrogen and oxygen atoms in total. The molecule has 0 bridgehead atoms.